The monoisotopic (exact) mass is 380 g/mol. The van der Waals surface area contributed by atoms with E-state index >= 15 is 0 Å². The molecular formula is C18H24N2O5S. The predicted molar refractivity (Wildman–Crippen MR) is 96.6 cm³/mol. The van der Waals surface area contributed by atoms with E-state index in [4.69, 9.17) is 9.15 Å². The molecule has 1 aromatic heterocycles. The van der Waals surface area contributed by atoms with Crippen molar-refractivity contribution in [1.29, 1.82) is 0 Å². The number of hydrogen-bond donors (Lipinski definition) is 0. The van der Waals surface area contributed by atoms with Crippen LogP contribution in [0.15, 0.2) is 33.9 Å². The van der Waals surface area contributed by atoms with E-state index in [0.29, 0.717) is 24.1 Å². The zero-order chi connectivity index (χ0) is 18.9. The van der Waals surface area contributed by atoms with Gasteiger partial charge in [0.15, 0.2) is 5.58 Å². The molecule has 1 aromatic carbocycles. The molecule has 0 N–H and O–H groups in total. The molecule has 3 rings (SSSR count). The molecule has 0 saturated carbocycles. The average molecular weight is 380 g/mol. The number of sulfone groups is 1. The van der Waals surface area contributed by atoms with Crippen molar-refractivity contribution in [2.75, 3.05) is 12.3 Å². The van der Waals surface area contributed by atoms with Crippen molar-refractivity contribution in [3.63, 3.8) is 0 Å². The second kappa shape index (κ2) is 6.90. The molecule has 2 aromatic rings. The van der Waals surface area contributed by atoms with Crippen LogP contribution in [-0.4, -0.2) is 48.3 Å². The van der Waals surface area contributed by atoms with Crippen LogP contribution in [0.1, 0.15) is 40.0 Å². The van der Waals surface area contributed by atoms with Gasteiger partial charge in [-0.25, -0.2) is 13.2 Å². The third-order valence-corrected chi connectivity index (χ3v) is 5.74. The van der Waals surface area contributed by atoms with Gasteiger partial charge >= 0.3 is 11.3 Å². The number of oxazole rings is 1. The molecule has 0 unspecified atom stereocenters. The minimum absolute atomic E-state index is 0.223. The third kappa shape index (κ3) is 4.17. The molecule has 0 bridgehead atoms. The number of likely N-dealkylation sites (tertiary alicyclic amines) is 1. The minimum atomic E-state index is -3.76. The number of carbonyl (C=O) groups is 1. The van der Waals surface area contributed by atoms with Crippen molar-refractivity contribution in [1.82, 2.24) is 9.88 Å². The Labute approximate surface area is 153 Å². The lowest BCUT2D eigenvalue weighted by Crippen LogP contribution is -2.48. The number of nitrogens with zero attached hydrogens (tertiary/aromatic N) is 2. The molecule has 8 heteroatoms. The molecule has 26 heavy (non-hydrogen) atoms. The molecule has 1 atom stereocenters. The fourth-order valence-electron chi connectivity index (χ4n) is 3.04. The highest BCUT2D eigenvalue weighted by molar-refractivity contribution is 7.91. The largest absolute Gasteiger partial charge is 0.444 e. The SMILES string of the molecule is CC(C)(C)OC(=O)N1CCCC[C@H]1CS(=O)(=O)c1nc2ccccc2o1. The van der Waals surface area contributed by atoms with Crippen molar-refractivity contribution >= 4 is 27.0 Å². The Hall–Kier alpha value is -2.09. The lowest BCUT2D eigenvalue weighted by molar-refractivity contribution is 0.0124. The van der Waals surface area contributed by atoms with E-state index < -0.39 is 27.6 Å². The van der Waals surface area contributed by atoms with Crippen LogP contribution in [0.4, 0.5) is 4.79 Å². The molecule has 1 fully saturated rings. The summed E-state index contributed by atoms with van der Waals surface area (Å²) in [5, 5.41) is -0.298. The minimum Gasteiger partial charge on any atom is -0.444 e. The van der Waals surface area contributed by atoms with Gasteiger partial charge in [-0.1, -0.05) is 12.1 Å². The summed E-state index contributed by atoms with van der Waals surface area (Å²) in [7, 11) is -3.76. The number of para-hydroxylation sites is 2. The highest BCUT2D eigenvalue weighted by Crippen LogP contribution is 2.25. The van der Waals surface area contributed by atoms with E-state index in [1.165, 1.54) is 4.90 Å². The van der Waals surface area contributed by atoms with Crippen LogP contribution < -0.4 is 0 Å². The van der Waals surface area contributed by atoms with Gasteiger partial charge in [0.25, 0.3) is 0 Å². The topological polar surface area (TPSA) is 89.7 Å². The summed E-state index contributed by atoms with van der Waals surface area (Å²) < 4.78 is 36.4. The first-order valence-corrected chi connectivity index (χ1v) is 10.4. The summed E-state index contributed by atoms with van der Waals surface area (Å²) >= 11 is 0. The molecule has 1 amide bonds. The lowest BCUT2D eigenvalue weighted by Gasteiger charge is -2.36. The maximum absolute atomic E-state index is 12.8. The smallest absolute Gasteiger partial charge is 0.410 e. The van der Waals surface area contributed by atoms with Crippen LogP contribution in [0.2, 0.25) is 0 Å². The second-order valence-electron chi connectivity index (χ2n) is 7.55. The Morgan fingerprint density at radius 3 is 2.73 bits per heavy atom. The van der Waals surface area contributed by atoms with E-state index in [-0.39, 0.29) is 11.0 Å². The number of amides is 1. The van der Waals surface area contributed by atoms with Crippen molar-refractivity contribution in [2.24, 2.45) is 0 Å². The molecule has 7 nitrogen and oxygen atoms in total. The fourth-order valence-corrected chi connectivity index (χ4v) is 4.49. The average Bonchev–Trinajstić information content (AvgIpc) is 2.98. The van der Waals surface area contributed by atoms with Gasteiger partial charge in [0.1, 0.15) is 11.1 Å². The van der Waals surface area contributed by atoms with Crippen LogP contribution in [0.25, 0.3) is 11.1 Å². The first-order valence-electron chi connectivity index (χ1n) is 8.74. The molecule has 0 radical (unpaired) electrons. The zero-order valence-corrected chi connectivity index (χ0v) is 16.1. The van der Waals surface area contributed by atoms with Crippen LogP contribution >= 0.6 is 0 Å². The van der Waals surface area contributed by atoms with Crippen molar-refractivity contribution in [3.05, 3.63) is 24.3 Å². The van der Waals surface area contributed by atoms with Gasteiger partial charge < -0.3 is 14.1 Å². The van der Waals surface area contributed by atoms with Crippen LogP contribution in [-0.2, 0) is 14.6 Å². The lowest BCUT2D eigenvalue weighted by atomic mass is 10.0. The summed E-state index contributed by atoms with van der Waals surface area (Å²) in [5.41, 5.74) is 0.301. The van der Waals surface area contributed by atoms with Crippen molar-refractivity contribution in [2.45, 2.75) is 56.9 Å². The molecule has 1 saturated heterocycles. The van der Waals surface area contributed by atoms with Crippen LogP contribution in [0, 0.1) is 0 Å². The molecule has 1 aliphatic heterocycles. The Morgan fingerprint density at radius 2 is 2.04 bits per heavy atom. The molecule has 0 spiro atoms. The van der Waals surface area contributed by atoms with Gasteiger partial charge in [0.05, 0.1) is 5.75 Å². The summed E-state index contributed by atoms with van der Waals surface area (Å²) in [6.45, 7) is 5.86. The number of carbonyl (C=O) groups excluding carboxylic acids is 1. The molecule has 1 aliphatic rings. The van der Waals surface area contributed by atoms with E-state index in [0.717, 1.165) is 12.8 Å². The van der Waals surface area contributed by atoms with E-state index in [1.54, 1.807) is 45.0 Å². The highest BCUT2D eigenvalue weighted by atomic mass is 32.2. The predicted octanol–water partition coefficient (Wildman–Crippen LogP) is 3.39. The zero-order valence-electron chi connectivity index (χ0n) is 15.3. The molecule has 2 heterocycles. The van der Waals surface area contributed by atoms with Gasteiger partial charge in [-0.2, -0.15) is 4.98 Å². The summed E-state index contributed by atoms with van der Waals surface area (Å²) in [6, 6.07) is 6.46. The number of piperidine rings is 1. The Balaban J connectivity index is 1.81. The fraction of sp³-hybridized carbons (Fsp3) is 0.556. The van der Waals surface area contributed by atoms with Crippen molar-refractivity contribution < 1.29 is 22.4 Å². The number of hydrogen-bond acceptors (Lipinski definition) is 6. The van der Waals surface area contributed by atoms with E-state index in [2.05, 4.69) is 4.98 Å². The number of benzene rings is 1. The highest BCUT2D eigenvalue weighted by Gasteiger charge is 2.35. The summed E-state index contributed by atoms with van der Waals surface area (Å²) in [4.78, 5) is 18.1. The standard InChI is InChI=1S/C18H24N2O5S/c1-18(2,3)25-17(21)20-11-7-6-8-13(20)12-26(22,23)16-19-14-9-4-5-10-15(14)24-16/h4-5,9-10,13H,6-8,11-12H2,1-3H3/t13-/m0/s1. The van der Waals surface area contributed by atoms with E-state index in [9.17, 15) is 13.2 Å². The number of ether oxygens (including phenoxy) is 1. The number of fused-ring (bicyclic) bond motifs is 1. The summed E-state index contributed by atoms with van der Waals surface area (Å²) in [6.07, 6.45) is 1.83. The third-order valence-electron chi connectivity index (χ3n) is 4.21. The second-order valence-corrected chi connectivity index (χ2v) is 9.46. The first-order chi connectivity index (χ1) is 12.2. The van der Waals surface area contributed by atoms with Gasteiger partial charge in [-0.3, -0.25) is 0 Å². The summed E-state index contributed by atoms with van der Waals surface area (Å²) in [5.74, 6) is -0.223. The Kier molecular flexibility index (Phi) is 4.96. The normalized spacial score (nSPS) is 18.9. The molecule has 142 valence electrons. The first kappa shape index (κ1) is 18.7. The maximum Gasteiger partial charge on any atom is 0.410 e. The van der Waals surface area contributed by atoms with Gasteiger partial charge in [0.2, 0.25) is 9.84 Å². The van der Waals surface area contributed by atoms with E-state index in [1.807, 2.05) is 0 Å². The number of rotatable bonds is 3. The van der Waals surface area contributed by atoms with Gasteiger partial charge in [-0.15, -0.1) is 0 Å². The Morgan fingerprint density at radius 1 is 1.31 bits per heavy atom. The van der Waals surface area contributed by atoms with Crippen molar-refractivity contribution in [3.8, 4) is 0 Å². The quantitative estimate of drug-likeness (QED) is 0.811. The Bertz CT molecular complexity index is 865. The molecular weight excluding hydrogens is 356 g/mol. The van der Waals surface area contributed by atoms with Gasteiger partial charge in [-0.05, 0) is 52.2 Å². The van der Waals surface area contributed by atoms with Crippen LogP contribution in [0.3, 0.4) is 0 Å². The maximum atomic E-state index is 12.8. The number of aromatic nitrogens is 1. The van der Waals surface area contributed by atoms with Gasteiger partial charge in [0, 0.05) is 12.6 Å². The van der Waals surface area contributed by atoms with Crippen LogP contribution in [0.5, 0.6) is 0 Å². The molecule has 0 aliphatic carbocycles.